The molecule has 2 aromatic rings. The van der Waals surface area contributed by atoms with Crippen LogP contribution in [0.1, 0.15) is 42.0 Å². The van der Waals surface area contributed by atoms with Crippen LogP contribution in [0, 0.1) is 11.6 Å². The monoisotopic (exact) mass is 374 g/mol. The van der Waals surface area contributed by atoms with E-state index < -0.39 is 17.7 Å². The molecule has 3 N–H and O–H groups in total. The van der Waals surface area contributed by atoms with Crippen LogP contribution in [0.25, 0.3) is 0 Å². The molecule has 0 heterocycles. The molecule has 3 rings (SSSR count). The molecule has 0 fully saturated rings. The Morgan fingerprint density at radius 2 is 1.85 bits per heavy atom. The van der Waals surface area contributed by atoms with Crippen molar-refractivity contribution < 1.29 is 13.9 Å². The third-order valence-corrected chi connectivity index (χ3v) is 5.41. The maximum Gasteiger partial charge on any atom is 0.126 e. The van der Waals surface area contributed by atoms with E-state index in [-0.39, 0.29) is 12.1 Å². The second-order valence-corrected chi connectivity index (χ2v) is 7.35. The number of aliphatic hydroxyl groups is 1. The molecule has 1 unspecified atom stereocenters. The summed E-state index contributed by atoms with van der Waals surface area (Å²) in [6.45, 7) is 0.419. The number of aryl methyl sites for hydroxylation is 1. The van der Waals surface area contributed by atoms with Crippen LogP contribution in [0.4, 0.5) is 8.78 Å². The number of benzene rings is 2. The van der Waals surface area contributed by atoms with Crippen molar-refractivity contribution in [2.75, 3.05) is 13.6 Å². The highest BCUT2D eigenvalue weighted by Gasteiger charge is 2.22. The zero-order chi connectivity index (χ0) is 19.2. The third-order valence-electron chi connectivity index (χ3n) is 5.41. The van der Waals surface area contributed by atoms with Gasteiger partial charge in [-0.15, -0.1) is 0 Å². The first-order valence-corrected chi connectivity index (χ1v) is 9.68. The third kappa shape index (κ3) is 5.34. The van der Waals surface area contributed by atoms with Crippen molar-refractivity contribution in [3.63, 3.8) is 0 Å². The molecule has 1 aliphatic rings. The van der Waals surface area contributed by atoms with Crippen LogP contribution >= 0.6 is 0 Å². The normalized spacial score (nSPS) is 19.2. The molecular weight excluding hydrogens is 346 g/mol. The van der Waals surface area contributed by atoms with E-state index in [0.29, 0.717) is 18.5 Å². The standard InChI is InChI=1S/C22H28F2N2O/c1-25-21(12-15-10-17(23)13-18(24)11-15)22(27)14-26-20-9-5-3-7-16-6-2-4-8-19(16)20/h2,4,6,8,10-11,13,20-22,25-27H,3,5,7,9,12,14H2,1H3/t20?,21-,22-/m0/s1. The second kappa shape index (κ2) is 9.40. The number of nitrogens with one attached hydrogen (secondary N) is 2. The molecule has 0 bridgehead atoms. The summed E-state index contributed by atoms with van der Waals surface area (Å²) < 4.78 is 26.8. The van der Waals surface area contributed by atoms with Crippen molar-refractivity contribution in [2.24, 2.45) is 0 Å². The molecule has 1 aliphatic carbocycles. The van der Waals surface area contributed by atoms with E-state index >= 15 is 0 Å². The lowest BCUT2D eigenvalue weighted by Crippen LogP contribution is -2.45. The van der Waals surface area contributed by atoms with Crippen molar-refractivity contribution in [2.45, 2.75) is 50.3 Å². The van der Waals surface area contributed by atoms with E-state index in [4.69, 9.17) is 0 Å². The maximum absolute atomic E-state index is 13.4. The van der Waals surface area contributed by atoms with Crippen LogP contribution in [-0.4, -0.2) is 30.8 Å². The quantitative estimate of drug-likeness (QED) is 0.650. The van der Waals surface area contributed by atoms with E-state index in [1.54, 1.807) is 7.05 Å². The summed E-state index contributed by atoms with van der Waals surface area (Å²) >= 11 is 0. The van der Waals surface area contributed by atoms with Crippen LogP contribution < -0.4 is 10.6 Å². The number of rotatable bonds is 7. The summed E-state index contributed by atoms with van der Waals surface area (Å²) in [7, 11) is 1.75. The Morgan fingerprint density at radius 1 is 1.11 bits per heavy atom. The highest BCUT2D eigenvalue weighted by molar-refractivity contribution is 5.31. The van der Waals surface area contributed by atoms with E-state index in [1.165, 1.54) is 29.7 Å². The van der Waals surface area contributed by atoms with Gasteiger partial charge in [-0.3, -0.25) is 0 Å². The van der Waals surface area contributed by atoms with Gasteiger partial charge in [0, 0.05) is 24.7 Å². The molecular formula is C22H28F2N2O. The minimum atomic E-state index is -0.670. The average Bonchev–Trinajstić information content (AvgIpc) is 2.85. The minimum absolute atomic E-state index is 0.225. The molecule has 3 nitrogen and oxygen atoms in total. The van der Waals surface area contributed by atoms with E-state index in [2.05, 4.69) is 34.9 Å². The van der Waals surface area contributed by atoms with Gasteiger partial charge in [0.2, 0.25) is 0 Å². The van der Waals surface area contributed by atoms with Gasteiger partial charge in [-0.1, -0.05) is 30.7 Å². The largest absolute Gasteiger partial charge is 0.390 e. The fourth-order valence-corrected chi connectivity index (χ4v) is 3.95. The van der Waals surface area contributed by atoms with Crippen molar-refractivity contribution in [3.05, 3.63) is 70.8 Å². The molecule has 146 valence electrons. The summed E-state index contributed by atoms with van der Waals surface area (Å²) in [4.78, 5) is 0. The SMILES string of the molecule is CN[C@@H](Cc1cc(F)cc(F)c1)[C@@H](O)CNC1CCCCc2ccccc21. The van der Waals surface area contributed by atoms with Gasteiger partial charge < -0.3 is 15.7 Å². The molecule has 0 spiro atoms. The summed E-state index contributed by atoms with van der Waals surface area (Å²) in [6, 6.07) is 11.9. The molecule has 0 amide bonds. The van der Waals surface area contributed by atoms with Crippen LogP contribution in [0.3, 0.4) is 0 Å². The predicted octanol–water partition coefficient (Wildman–Crippen LogP) is 3.51. The Balaban J connectivity index is 1.62. The number of aliphatic hydroxyl groups excluding tert-OH is 1. The smallest absolute Gasteiger partial charge is 0.126 e. The van der Waals surface area contributed by atoms with Gasteiger partial charge >= 0.3 is 0 Å². The number of fused-ring (bicyclic) bond motifs is 1. The molecule has 2 aromatic carbocycles. The van der Waals surface area contributed by atoms with Crippen molar-refractivity contribution in [3.8, 4) is 0 Å². The zero-order valence-electron chi connectivity index (χ0n) is 15.7. The van der Waals surface area contributed by atoms with Crippen LogP contribution in [0.5, 0.6) is 0 Å². The Hall–Kier alpha value is -1.82. The highest BCUT2D eigenvalue weighted by atomic mass is 19.1. The molecule has 27 heavy (non-hydrogen) atoms. The molecule has 0 saturated heterocycles. The molecule has 5 heteroatoms. The van der Waals surface area contributed by atoms with Gasteiger partial charge in [-0.25, -0.2) is 8.78 Å². The first kappa shape index (κ1) is 19.9. The molecule has 0 aliphatic heterocycles. The van der Waals surface area contributed by atoms with Crippen LogP contribution in [0.2, 0.25) is 0 Å². The van der Waals surface area contributed by atoms with Crippen LogP contribution in [0.15, 0.2) is 42.5 Å². The lowest BCUT2D eigenvalue weighted by Gasteiger charge is -2.26. The van der Waals surface area contributed by atoms with Gasteiger partial charge in [0.05, 0.1) is 6.10 Å². The number of hydrogen-bond acceptors (Lipinski definition) is 3. The van der Waals surface area contributed by atoms with Crippen molar-refractivity contribution >= 4 is 0 Å². The summed E-state index contributed by atoms with van der Waals surface area (Å²) in [5, 5.41) is 17.2. The fourth-order valence-electron chi connectivity index (χ4n) is 3.95. The number of likely N-dealkylation sites (N-methyl/N-ethyl adjacent to an activating group) is 1. The summed E-state index contributed by atoms with van der Waals surface area (Å²) in [5.74, 6) is -1.19. The van der Waals surface area contributed by atoms with Gasteiger partial charge in [-0.2, -0.15) is 0 Å². The van der Waals surface area contributed by atoms with Gasteiger partial charge in [0.25, 0.3) is 0 Å². The topological polar surface area (TPSA) is 44.3 Å². The zero-order valence-corrected chi connectivity index (χ0v) is 15.7. The molecule has 0 radical (unpaired) electrons. The summed E-state index contributed by atoms with van der Waals surface area (Å²) in [6.07, 6.45) is 4.17. The summed E-state index contributed by atoms with van der Waals surface area (Å²) in [5.41, 5.74) is 3.23. The number of halogens is 2. The van der Waals surface area contributed by atoms with Crippen molar-refractivity contribution in [1.82, 2.24) is 10.6 Å². The van der Waals surface area contributed by atoms with Gasteiger partial charge in [-0.05, 0) is 61.6 Å². The van der Waals surface area contributed by atoms with Gasteiger partial charge in [0.15, 0.2) is 0 Å². The second-order valence-electron chi connectivity index (χ2n) is 7.35. The first-order valence-electron chi connectivity index (χ1n) is 9.68. The van der Waals surface area contributed by atoms with Crippen molar-refractivity contribution in [1.29, 1.82) is 0 Å². The van der Waals surface area contributed by atoms with Crippen LogP contribution in [-0.2, 0) is 12.8 Å². The molecule has 0 saturated carbocycles. The lowest BCUT2D eigenvalue weighted by atomic mass is 9.97. The highest BCUT2D eigenvalue weighted by Crippen LogP contribution is 2.28. The fraction of sp³-hybridized carbons (Fsp3) is 0.455. The lowest BCUT2D eigenvalue weighted by molar-refractivity contribution is 0.124. The Kier molecular flexibility index (Phi) is 6.94. The van der Waals surface area contributed by atoms with Gasteiger partial charge in [0.1, 0.15) is 11.6 Å². The first-order chi connectivity index (χ1) is 13.1. The molecule has 3 atom stereocenters. The molecule has 0 aromatic heterocycles. The minimum Gasteiger partial charge on any atom is -0.390 e. The Labute approximate surface area is 159 Å². The Morgan fingerprint density at radius 3 is 2.59 bits per heavy atom. The van der Waals surface area contributed by atoms with E-state index in [9.17, 15) is 13.9 Å². The van der Waals surface area contributed by atoms with E-state index in [0.717, 1.165) is 25.3 Å². The average molecular weight is 374 g/mol. The Bertz CT molecular complexity index is 733. The van der Waals surface area contributed by atoms with E-state index in [1.807, 2.05) is 0 Å². The number of hydrogen-bond donors (Lipinski definition) is 3. The maximum atomic E-state index is 13.4. The predicted molar refractivity (Wildman–Crippen MR) is 104 cm³/mol.